The molecule has 0 atom stereocenters. The van der Waals surface area contributed by atoms with E-state index in [1.54, 1.807) is 24.5 Å². The zero-order chi connectivity index (χ0) is 20.7. The van der Waals surface area contributed by atoms with Crippen LogP contribution in [0.4, 0.5) is 10.2 Å². The Morgan fingerprint density at radius 2 is 1.61 bits per heavy atom. The van der Waals surface area contributed by atoms with Gasteiger partial charge in [-0.25, -0.2) is 19.3 Å². The second-order valence-electron chi connectivity index (χ2n) is 5.50. The molecular formula is C22H26FN5. The lowest BCUT2D eigenvalue weighted by molar-refractivity contribution is 0.628. The first-order valence-corrected chi connectivity index (χ1v) is 9.45. The van der Waals surface area contributed by atoms with Crippen molar-refractivity contribution >= 4 is 11.6 Å². The van der Waals surface area contributed by atoms with Gasteiger partial charge < -0.3 is 5.73 Å². The lowest BCUT2D eigenvalue weighted by atomic mass is 10.1. The molecule has 3 heterocycles. The van der Waals surface area contributed by atoms with Crippen molar-refractivity contribution in [3.8, 4) is 22.4 Å². The molecular weight excluding hydrogens is 353 g/mol. The van der Waals surface area contributed by atoms with Crippen LogP contribution in [0.3, 0.4) is 0 Å². The smallest absolute Gasteiger partial charge is 0.234 e. The van der Waals surface area contributed by atoms with Gasteiger partial charge in [-0.2, -0.15) is 0 Å². The Balaban J connectivity index is 0.000000660. The molecule has 28 heavy (non-hydrogen) atoms. The fraction of sp³-hybridized carbons (Fsp3) is 0.227. The van der Waals surface area contributed by atoms with Crippen molar-refractivity contribution in [2.24, 2.45) is 0 Å². The maximum atomic E-state index is 13.1. The molecule has 0 aliphatic carbocycles. The average Bonchev–Trinajstić information content (AvgIpc) is 3.08. The third-order valence-electron chi connectivity index (χ3n) is 3.99. The van der Waals surface area contributed by atoms with E-state index in [1.165, 1.54) is 12.1 Å². The number of nitrogen functional groups attached to an aromatic ring is 1. The van der Waals surface area contributed by atoms with Crippen molar-refractivity contribution in [1.29, 1.82) is 0 Å². The van der Waals surface area contributed by atoms with Gasteiger partial charge in [0.1, 0.15) is 11.6 Å². The van der Waals surface area contributed by atoms with Gasteiger partial charge in [-0.05, 0) is 36.8 Å². The van der Waals surface area contributed by atoms with Crippen molar-refractivity contribution in [2.45, 2.75) is 34.6 Å². The average molecular weight is 379 g/mol. The summed E-state index contributed by atoms with van der Waals surface area (Å²) in [7, 11) is 0. The van der Waals surface area contributed by atoms with E-state index in [1.807, 2.05) is 57.3 Å². The van der Waals surface area contributed by atoms with Crippen molar-refractivity contribution in [3.63, 3.8) is 0 Å². The number of imidazole rings is 1. The van der Waals surface area contributed by atoms with E-state index in [2.05, 4.69) is 15.0 Å². The Morgan fingerprint density at radius 3 is 2.25 bits per heavy atom. The maximum absolute atomic E-state index is 13.1. The van der Waals surface area contributed by atoms with Crippen LogP contribution >= 0.6 is 0 Å². The highest BCUT2D eigenvalue weighted by molar-refractivity contribution is 5.74. The standard InChI is InChI=1S/C18H14FN5.2C2H6/c1-11-16(15-3-2-8-21-17(15)20)23-18-22-9-13(10-24(11)18)12-4-6-14(19)7-5-12;2*1-2/h2-10H,1H3,(H2,20,21);2*1-2H3. The number of benzene rings is 1. The maximum Gasteiger partial charge on any atom is 0.234 e. The molecule has 0 saturated heterocycles. The van der Waals surface area contributed by atoms with Crippen LogP contribution in [0.2, 0.25) is 0 Å². The lowest BCUT2D eigenvalue weighted by Crippen LogP contribution is -1.95. The van der Waals surface area contributed by atoms with Crippen molar-refractivity contribution in [1.82, 2.24) is 19.4 Å². The Morgan fingerprint density at radius 1 is 0.929 bits per heavy atom. The summed E-state index contributed by atoms with van der Waals surface area (Å²) in [4.78, 5) is 13.1. The zero-order valence-electron chi connectivity index (χ0n) is 16.9. The summed E-state index contributed by atoms with van der Waals surface area (Å²) < 4.78 is 15.0. The monoisotopic (exact) mass is 379 g/mol. The van der Waals surface area contributed by atoms with E-state index in [-0.39, 0.29) is 5.82 Å². The molecule has 4 rings (SSSR count). The summed E-state index contributed by atoms with van der Waals surface area (Å²) in [6, 6.07) is 10.0. The van der Waals surface area contributed by atoms with Gasteiger partial charge in [0.2, 0.25) is 5.78 Å². The molecule has 0 bridgehead atoms. The van der Waals surface area contributed by atoms with Crippen LogP contribution < -0.4 is 5.73 Å². The third-order valence-corrected chi connectivity index (χ3v) is 3.99. The third kappa shape index (κ3) is 4.17. The SMILES string of the molecule is CC.CC.Cc1c(-c2cccnc2N)nc2ncc(-c3ccc(F)cc3)cn12. The molecule has 0 aliphatic heterocycles. The summed E-state index contributed by atoms with van der Waals surface area (Å²) >= 11 is 0. The van der Waals surface area contributed by atoms with Gasteiger partial charge in [0.15, 0.2) is 0 Å². The molecule has 0 unspecified atom stereocenters. The van der Waals surface area contributed by atoms with Crippen molar-refractivity contribution < 1.29 is 4.39 Å². The molecule has 0 aliphatic rings. The summed E-state index contributed by atoms with van der Waals surface area (Å²) in [5.74, 6) is 0.750. The van der Waals surface area contributed by atoms with Gasteiger partial charge in [-0.3, -0.25) is 4.40 Å². The highest BCUT2D eigenvalue weighted by Crippen LogP contribution is 2.28. The van der Waals surface area contributed by atoms with Crippen LogP contribution in [0.5, 0.6) is 0 Å². The molecule has 2 N–H and O–H groups in total. The van der Waals surface area contributed by atoms with Gasteiger partial charge in [-0.1, -0.05) is 39.8 Å². The van der Waals surface area contributed by atoms with Gasteiger partial charge in [-0.15, -0.1) is 0 Å². The molecule has 1 aromatic carbocycles. The number of fused-ring (bicyclic) bond motifs is 1. The van der Waals surface area contributed by atoms with Gasteiger partial charge >= 0.3 is 0 Å². The van der Waals surface area contributed by atoms with E-state index in [0.717, 1.165) is 28.1 Å². The number of nitrogens with two attached hydrogens (primary N) is 1. The fourth-order valence-corrected chi connectivity index (χ4v) is 2.71. The molecule has 146 valence electrons. The first kappa shape index (κ1) is 21.0. The number of anilines is 1. The summed E-state index contributed by atoms with van der Waals surface area (Å²) in [5.41, 5.74) is 10.2. The van der Waals surface area contributed by atoms with Gasteiger partial charge in [0, 0.05) is 35.4 Å². The number of hydrogen-bond acceptors (Lipinski definition) is 4. The summed E-state index contributed by atoms with van der Waals surface area (Å²) in [6.45, 7) is 9.96. The van der Waals surface area contributed by atoms with E-state index >= 15 is 0 Å². The quantitative estimate of drug-likeness (QED) is 0.496. The predicted octanol–water partition coefficient (Wildman–Crippen LogP) is 5.54. The minimum atomic E-state index is -0.263. The van der Waals surface area contributed by atoms with E-state index in [4.69, 9.17) is 5.73 Å². The van der Waals surface area contributed by atoms with Gasteiger partial charge in [0.25, 0.3) is 0 Å². The number of aryl methyl sites for hydroxylation is 1. The highest BCUT2D eigenvalue weighted by Gasteiger charge is 2.14. The molecule has 3 aromatic heterocycles. The minimum Gasteiger partial charge on any atom is -0.383 e. The van der Waals surface area contributed by atoms with Crippen LogP contribution in [-0.2, 0) is 0 Å². The molecule has 0 radical (unpaired) electrons. The van der Waals surface area contributed by atoms with Crippen LogP contribution in [0, 0.1) is 12.7 Å². The second-order valence-corrected chi connectivity index (χ2v) is 5.50. The Hall–Kier alpha value is -3.28. The number of aromatic nitrogens is 4. The van der Waals surface area contributed by atoms with Crippen LogP contribution in [0.15, 0.2) is 55.0 Å². The van der Waals surface area contributed by atoms with Crippen molar-refractivity contribution in [2.75, 3.05) is 5.73 Å². The Kier molecular flexibility index (Phi) is 7.21. The van der Waals surface area contributed by atoms with E-state index < -0.39 is 0 Å². The van der Waals surface area contributed by atoms with Crippen LogP contribution in [0.25, 0.3) is 28.2 Å². The fourth-order valence-electron chi connectivity index (χ4n) is 2.71. The number of rotatable bonds is 2. The molecule has 0 spiro atoms. The molecule has 0 saturated carbocycles. The normalized spacial score (nSPS) is 9.93. The van der Waals surface area contributed by atoms with Crippen LogP contribution in [0.1, 0.15) is 33.4 Å². The number of hydrogen-bond donors (Lipinski definition) is 1. The largest absolute Gasteiger partial charge is 0.383 e. The second kappa shape index (κ2) is 9.60. The van der Waals surface area contributed by atoms with Crippen LogP contribution in [-0.4, -0.2) is 19.4 Å². The van der Waals surface area contributed by atoms with Crippen molar-refractivity contribution in [3.05, 3.63) is 66.5 Å². The first-order chi connectivity index (χ1) is 13.6. The summed E-state index contributed by atoms with van der Waals surface area (Å²) in [6.07, 6.45) is 5.31. The molecule has 6 heteroatoms. The number of halogens is 1. The molecule has 0 amide bonds. The number of pyridine rings is 1. The molecule has 0 fully saturated rings. The Bertz CT molecular complexity index is 1040. The topological polar surface area (TPSA) is 69.1 Å². The molecule has 4 aromatic rings. The predicted molar refractivity (Wildman–Crippen MR) is 113 cm³/mol. The summed E-state index contributed by atoms with van der Waals surface area (Å²) in [5, 5.41) is 0. The highest BCUT2D eigenvalue weighted by atomic mass is 19.1. The molecule has 5 nitrogen and oxygen atoms in total. The lowest BCUT2D eigenvalue weighted by Gasteiger charge is -2.04. The van der Waals surface area contributed by atoms with E-state index in [9.17, 15) is 4.39 Å². The van der Waals surface area contributed by atoms with E-state index in [0.29, 0.717) is 11.6 Å². The Labute approximate surface area is 165 Å². The number of nitrogens with zero attached hydrogens (tertiary/aromatic N) is 4. The zero-order valence-corrected chi connectivity index (χ0v) is 16.9. The minimum absolute atomic E-state index is 0.263. The van der Waals surface area contributed by atoms with Gasteiger partial charge in [0.05, 0.1) is 5.69 Å². The first-order valence-electron chi connectivity index (χ1n) is 9.45.